The molecule has 388 valence electrons. The summed E-state index contributed by atoms with van der Waals surface area (Å²) in [7, 11) is 9.12. The molecule has 0 fully saturated rings. The second-order valence-corrected chi connectivity index (χ2v) is 16.7. The molecule has 0 unspecified atom stereocenters. The van der Waals surface area contributed by atoms with Gasteiger partial charge < -0.3 is 47.4 Å². The molecule has 2 aromatic heterocycles. The van der Waals surface area contributed by atoms with Gasteiger partial charge in [-0.15, -0.1) is 0 Å². The number of carbonyl (C=O) groups is 4. The van der Waals surface area contributed by atoms with Crippen LogP contribution in [0.5, 0.6) is 34.5 Å². The van der Waals surface area contributed by atoms with Crippen LogP contribution in [-0.2, 0) is 16.0 Å². The van der Waals surface area contributed by atoms with Gasteiger partial charge in [-0.1, -0.05) is 64.5 Å². The van der Waals surface area contributed by atoms with Crippen molar-refractivity contribution in [1.29, 1.82) is 0 Å². The molecule has 0 atom stereocenters. The molecule has 0 spiro atoms. The van der Waals surface area contributed by atoms with E-state index in [4.69, 9.17) is 37.9 Å². The van der Waals surface area contributed by atoms with Gasteiger partial charge in [-0.25, -0.2) is 9.59 Å². The van der Waals surface area contributed by atoms with E-state index in [1.54, 1.807) is 81.5 Å². The second kappa shape index (κ2) is 27.5. The van der Waals surface area contributed by atoms with Gasteiger partial charge >= 0.3 is 11.9 Å². The monoisotopic (exact) mass is 1080 g/mol. The highest BCUT2D eigenvalue weighted by Crippen LogP contribution is 2.40. The number of benzene rings is 6. The van der Waals surface area contributed by atoms with Crippen LogP contribution in [0.15, 0.2) is 158 Å². The number of ketones is 2. The van der Waals surface area contributed by atoms with Crippen LogP contribution in [0, 0.1) is 0 Å². The van der Waals surface area contributed by atoms with Gasteiger partial charge in [0, 0.05) is 45.8 Å². The van der Waals surface area contributed by atoms with E-state index < -0.39 is 11.9 Å². The lowest BCUT2D eigenvalue weighted by Gasteiger charge is -2.11. The minimum atomic E-state index is -0.536. The molecule has 2 heterocycles. The minimum Gasteiger partial charge on any atom is -0.497 e. The number of methoxy groups -OCH3 is 6. The molecular formula is C60H59BrN2O12. The van der Waals surface area contributed by atoms with Gasteiger partial charge in [0.1, 0.15) is 45.9 Å². The van der Waals surface area contributed by atoms with Gasteiger partial charge in [-0.05, 0) is 133 Å². The summed E-state index contributed by atoms with van der Waals surface area (Å²) in [4.78, 5) is 52.8. The first-order chi connectivity index (χ1) is 36.4. The summed E-state index contributed by atoms with van der Waals surface area (Å²) < 4.78 is 43.5. The number of halogens is 1. The molecule has 0 saturated heterocycles. The summed E-state index contributed by atoms with van der Waals surface area (Å²) >= 11 is 3.11. The highest BCUT2D eigenvalue weighted by atomic mass is 79.9. The number of alkyl halides is 1. The van der Waals surface area contributed by atoms with E-state index in [2.05, 4.69) is 20.9 Å². The molecule has 14 nitrogen and oxygen atoms in total. The van der Waals surface area contributed by atoms with E-state index >= 15 is 0 Å². The maximum absolute atomic E-state index is 13.2. The molecule has 0 saturated carbocycles. The van der Waals surface area contributed by atoms with Gasteiger partial charge in [0.2, 0.25) is 0 Å². The van der Waals surface area contributed by atoms with Crippen LogP contribution in [0.1, 0.15) is 55.5 Å². The smallest absolute Gasteiger partial charge is 0.355 e. The molecule has 0 radical (unpaired) electrons. The number of Topliss-reactive ketones (excluding diaryl/α,β-unsaturated/α-hetero) is 2. The average molecular weight is 1080 g/mol. The first-order valence-electron chi connectivity index (χ1n) is 23.7. The molecule has 0 aliphatic carbocycles. The Bertz CT molecular complexity index is 3130. The summed E-state index contributed by atoms with van der Waals surface area (Å²) in [5, 5.41) is 0.360. The van der Waals surface area contributed by atoms with Crippen molar-refractivity contribution in [3.8, 4) is 79.0 Å². The van der Waals surface area contributed by atoms with Crippen molar-refractivity contribution in [1.82, 2.24) is 9.55 Å². The molecule has 1 N–H and O–H groups in total. The fraction of sp³-hybridized carbons (Fsp3) is 0.200. The lowest BCUT2D eigenvalue weighted by Crippen LogP contribution is -2.16. The van der Waals surface area contributed by atoms with Gasteiger partial charge in [0.25, 0.3) is 0 Å². The Morgan fingerprint density at radius 3 is 1.23 bits per heavy atom. The molecule has 0 bridgehead atoms. The number of carbonyl (C=O) groups excluding carboxylic acids is 4. The maximum atomic E-state index is 13.2. The fourth-order valence-electron chi connectivity index (χ4n) is 7.91. The quantitative estimate of drug-likeness (QED) is 0.0464. The SMILES string of the molecule is CCOc1ccc(-c2c(-c3ccc(OC)cc3)c[nH]c2C(=O)OC)cc1.CCOc1ccc(-c2c(-c3ccc(OC)cc3)cn(CC(=O)c3ccc(OC)cc3)c2C(=O)OC)cc1.COc1ccc(C(=O)CBr)cc1. The number of H-pyrrole nitrogens is 1. The predicted octanol–water partition coefficient (Wildman–Crippen LogP) is 12.7. The lowest BCUT2D eigenvalue weighted by atomic mass is 9.96. The Balaban J connectivity index is 0.000000207. The topological polar surface area (TPSA) is 163 Å². The highest BCUT2D eigenvalue weighted by Gasteiger charge is 2.27. The third kappa shape index (κ3) is 14.1. The summed E-state index contributed by atoms with van der Waals surface area (Å²) in [5.74, 6) is 3.42. The first kappa shape index (κ1) is 55.7. The molecule has 75 heavy (non-hydrogen) atoms. The summed E-state index contributed by atoms with van der Waals surface area (Å²) in [6.07, 6.45) is 3.64. The number of aromatic amines is 1. The summed E-state index contributed by atoms with van der Waals surface area (Å²) in [6.45, 7) is 4.97. The third-order valence-electron chi connectivity index (χ3n) is 11.7. The second-order valence-electron chi connectivity index (χ2n) is 16.1. The van der Waals surface area contributed by atoms with Crippen molar-refractivity contribution in [3.63, 3.8) is 0 Å². The lowest BCUT2D eigenvalue weighted by molar-refractivity contribution is 0.0583. The van der Waals surface area contributed by atoms with E-state index in [1.165, 1.54) is 14.2 Å². The Morgan fingerprint density at radius 2 is 0.827 bits per heavy atom. The van der Waals surface area contributed by atoms with E-state index in [0.29, 0.717) is 58.1 Å². The minimum absolute atomic E-state index is 0.0447. The summed E-state index contributed by atoms with van der Waals surface area (Å²) in [5.41, 5.74) is 8.63. The standard InChI is InChI=1S/C30H29NO6.C21H21NO4.C9H9BrO2/c1-5-37-25-16-10-22(11-17-25)28-26(20-6-12-23(34-2)13-7-20)18-31(29(28)30(33)36-4)19-27(32)21-8-14-24(35-3)15-9-21;1-4-26-17-11-7-15(8-12-17)19-18(13-22-20(19)21(23)25-3)14-5-9-16(24-2)10-6-14;1-12-8-4-2-7(3-5-8)9(11)6-10/h6-18H,5,19H2,1-4H3;5-13,22H,4H2,1-3H3;2-5H,6H2,1H3. The Morgan fingerprint density at radius 1 is 0.453 bits per heavy atom. The number of ether oxygens (including phenoxy) is 8. The number of esters is 2. The van der Waals surface area contributed by atoms with E-state index in [1.807, 2.05) is 123 Å². The van der Waals surface area contributed by atoms with Crippen molar-refractivity contribution in [2.75, 3.05) is 61.2 Å². The van der Waals surface area contributed by atoms with Gasteiger partial charge in [-0.3, -0.25) is 9.59 Å². The van der Waals surface area contributed by atoms with E-state index in [0.717, 1.165) is 61.9 Å². The van der Waals surface area contributed by atoms with E-state index in [-0.39, 0.29) is 18.1 Å². The van der Waals surface area contributed by atoms with Crippen LogP contribution in [0.3, 0.4) is 0 Å². The Hall–Kier alpha value is -8.56. The van der Waals surface area contributed by atoms with Crippen LogP contribution in [0.4, 0.5) is 0 Å². The predicted molar refractivity (Wildman–Crippen MR) is 294 cm³/mol. The van der Waals surface area contributed by atoms with Crippen molar-refractivity contribution >= 4 is 39.4 Å². The maximum Gasteiger partial charge on any atom is 0.355 e. The molecule has 8 aromatic rings. The van der Waals surface area contributed by atoms with Crippen molar-refractivity contribution < 1.29 is 57.1 Å². The van der Waals surface area contributed by atoms with Crippen LogP contribution >= 0.6 is 15.9 Å². The van der Waals surface area contributed by atoms with Crippen molar-refractivity contribution in [2.45, 2.75) is 20.4 Å². The largest absolute Gasteiger partial charge is 0.497 e. The molecule has 6 aromatic carbocycles. The van der Waals surface area contributed by atoms with Gasteiger partial charge in [0.15, 0.2) is 11.6 Å². The zero-order chi connectivity index (χ0) is 53.9. The van der Waals surface area contributed by atoms with Crippen LogP contribution in [0.25, 0.3) is 44.5 Å². The Labute approximate surface area is 445 Å². The number of hydrogen-bond donors (Lipinski definition) is 1. The number of aromatic nitrogens is 2. The Kier molecular flexibility index (Phi) is 20.4. The number of nitrogens with one attached hydrogen (secondary N) is 1. The van der Waals surface area contributed by atoms with Gasteiger partial charge in [-0.2, -0.15) is 0 Å². The molecule has 0 aliphatic rings. The molecule has 0 aliphatic heterocycles. The molecule has 0 amide bonds. The third-order valence-corrected chi connectivity index (χ3v) is 12.2. The van der Waals surface area contributed by atoms with Crippen LogP contribution in [0.2, 0.25) is 0 Å². The summed E-state index contributed by atoms with van der Waals surface area (Å²) in [6, 6.07) is 44.4. The van der Waals surface area contributed by atoms with E-state index in [9.17, 15) is 19.2 Å². The highest BCUT2D eigenvalue weighted by molar-refractivity contribution is 9.09. The molecule has 8 rings (SSSR count). The average Bonchev–Trinajstić information content (AvgIpc) is 4.08. The molecular weight excluding hydrogens is 1020 g/mol. The number of rotatable bonds is 19. The van der Waals surface area contributed by atoms with Gasteiger partial charge in [0.05, 0.1) is 67.7 Å². The van der Waals surface area contributed by atoms with Crippen LogP contribution in [-0.4, -0.2) is 94.3 Å². The molecule has 15 heteroatoms. The van der Waals surface area contributed by atoms with Crippen molar-refractivity contribution in [3.05, 3.63) is 181 Å². The number of hydrogen-bond acceptors (Lipinski definition) is 12. The fourth-order valence-corrected chi connectivity index (χ4v) is 8.23. The first-order valence-corrected chi connectivity index (χ1v) is 24.8. The zero-order valence-electron chi connectivity index (χ0n) is 43.1. The normalized spacial score (nSPS) is 10.4. The number of nitrogens with zero attached hydrogens (tertiary/aromatic N) is 1. The van der Waals surface area contributed by atoms with Crippen molar-refractivity contribution in [2.24, 2.45) is 0 Å². The zero-order valence-corrected chi connectivity index (χ0v) is 44.6. The van der Waals surface area contributed by atoms with Crippen LogP contribution < -0.4 is 28.4 Å².